The largest absolute Gasteiger partial charge is 0.406 e. The fourth-order valence-electron chi connectivity index (χ4n) is 1.70. The van der Waals surface area contributed by atoms with Crippen LogP contribution in [0.5, 0.6) is 0 Å². The van der Waals surface area contributed by atoms with Gasteiger partial charge in [0.25, 0.3) is 11.6 Å². The van der Waals surface area contributed by atoms with E-state index in [0.29, 0.717) is 4.90 Å². The average molecular weight is 305 g/mol. The number of nitrogens with zero attached hydrogens (tertiary/aromatic N) is 2. The Bertz CT molecular complexity index is 558. The summed E-state index contributed by atoms with van der Waals surface area (Å²) in [4.78, 5) is 22.6. The number of nitrogens with two attached hydrogens (primary N) is 1. The van der Waals surface area contributed by atoms with Gasteiger partial charge in [0, 0.05) is 17.7 Å². The van der Waals surface area contributed by atoms with Crippen molar-refractivity contribution in [3.8, 4) is 0 Å². The van der Waals surface area contributed by atoms with Crippen LogP contribution >= 0.6 is 0 Å². The Morgan fingerprint density at radius 3 is 2.38 bits per heavy atom. The van der Waals surface area contributed by atoms with Crippen LogP contribution in [0.15, 0.2) is 18.2 Å². The third kappa shape index (κ3) is 4.33. The smallest absolute Gasteiger partial charge is 0.393 e. The van der Waals surface area contributed by atoms with Crippen molar-refractivity contribution >= 4 is 17.3 Å². The number of halogens is 3. The maximum Gasteiger partial charge on any atom is 0.406 e. The molecule has 0 radical (unpaired) electrons. The SMILES string of the molecule is CC(C)N(CC(F)(F)F)C(=O)c1ccc([N+](=O)[O-])c(N)c1. The number of nitro groups is 1. The van der Waals surface area contributed by atoms with Crippen molar-refractivity contribution in [2.45, 2.75) is 26.1 Å². The third-order valence-electron chi connectivity index (χ3n) is 2.71. The maximum absolute atomic E-state index is 12.5. The molecule has 0 saturated heterocycles. The van der Waals surface area contributed by atoms with Crippen LogP contribution < -0.4 is 5.73 Å². The number of benzene rings is 1. The summed E-state index contributed by atoms with van der Waals surface area (Å²) < 4.78 is 37.5. The van der Waals surface area contributed by atoms with Crippen LogP contribution in [0, 0.1) is 10.1 Å². The van der Waals surface area contributed by atoms with E-state index in [2.05, 4.69) is 0 Å². The zero-order chi connectivity index (χ0) is 16.4. The predicted octanol–water partition coefficient (Wildman–Crippen LogP) is 2.59. The summed E-state index contributed by atoms with van der Waals surface area (Å²) in [5, 5.41) is 10.6. The molecule has 21 heavy (non-hydrogen) atoms. The van der Waals surface area contributed by atoms with Crippen molar-refractivity contribution in [3.63, 3.8) is 0 Å². The van der Waals surface area contributed by atoms with Crippen LogP contribution in [0.3, 0.4) is 0 Å². The molecule has 0 aliphatic heterocycles. The van der Waals surface area contributed by atoms with Crippen molar-refractivity contribution in [2.24, 2.45) is 0 Å². The molecule has 6 nitrogen and oxygen atoms in total. The van der Waals surface area contributed by atoms with Crippen LogP contribution in [0.2, 0.25) is 0 Å². The number of amides is 1. The number of rotatable bonds is 4. The lowest BCUT2D eigenvalue weighted by molar-refractivity contribution is -0.383. The highest BCUT2D eigenvalue weighted by Crippen LogP contribution is 2.25. The second-order valence-electron chi connectivity index (χ2n) is 4.67. The van der Waals surface area contributed by atoms with Crippen molar-refractivity contribution in [1.29, 1.82) is 0 Å². The molecule has 1 aromatic carbocycles. The van der Waals surface area contributed by atoms with Crippen molar-refractivity contribution in [3.05, 3.63) is 33.9 Å². The summed E-state index contributed by atoms with van der Waals surface area (Å²) in [6.45, 7) is 1.48. The van der Waals surface area contributed by atoms with Gasteiger partial charge in [0.05, 0.1) is 4.92 Å². The standard InChI is InChI=1S/C12H14F3N3O3/c1-7(2)17(6-12(13,14)15)11(19)8-3-4-10(18(20)21)9(16)5-8/h3-5,7H,6,16H2,1-2H3. The number of nitro benzene ring substituents is 1. The van der Waals surface area contributed by atoms with Gasteiger partial charge >= 0.3 is 6.18 Å². The third-order valence-corrected chi connectivity index (χ3v) is 2.71. The molecule has 0 heterocycles. The Balaban J connectivity index is 3.10. The molecule has 116 valence electrons. The summed E-state index contributed by atoms with van der Waals surface area (Å²) in [7, 11) is 0. The molecule has 0 fully saturated rings. The highest BCUT2D eigenvalue weighted by Gasteiger charge is 2.34. The first-order valence-electron chi connectivity index (χ1n) is 5.94. The van der Waals surface area contributed by atoms with Gasteiger partial charge < -0.3 is 10.6 Å². The Labute approximate surface area is 118 Å². The lowest BCUT2D eigenvalue weighted by Gasteiger charge is -2.27. The van der Waals surface area contributed by atoms with E-state index in [1.165, 1.54) is 13.8 Å². The van der Waals surface area contributed by atoms with E-state index in [4.69, 9.17) is 5.73 Å². The predicted molar refractivity (Wildman–Crippen MR) is 69.7 cm³/mol. The van der Waals surface area contributed by atoms with Crippen LogP contribution in [-0.2, 0) is 0 Å². The summed E-state index contributed by atoms with van der Waals surface area (Å²) in [6, 6.07) is 2.40. The van der Waals surface area contributed by atoms with E-state index < -0.39 is 35.3 Å². The molecular formula is C12H14F3N3O3. The molecule has 0 aliphatic rings. The number of carbonyl (C=O) groups excluding carboxylic acids is 1. The second kappa shape index (κ2) is 5.98. The van der Waals surface area contributed by atoms with Gasteiger partial charge in [-0.25, -0.2) is 0 Å². The van der Waals surface area contributed by atoms with Gasteiger partial charge in [-0.15, -0.1) is 0 Å². The number of hydrogen-bond donors (Lipinski definition) is 1. The number of nitrogen functional groups attached to an aromatic ring is 1. The maximum atomic E-state index is 12.5. The minimum Gasteiger partial charge on any atom is -0.393 e. The molecule has 0 bridgehead atoms. The zero-order valence-electron chi connectivity index (χ0n) is 11.3. The van der Waals surface area contributed by atoms with Crippen LogP contribution in [0.4, 0.5) is 24.5 Å². The monoisotopic (exact) mass is 305 g/mol. The van der Waals surface area contributed by atoms with Gasteiger partial charge in [-0.05, 0) is 26.0 Å². The lowest BCUT2D eigenvalue weighted by Crippen LogP contribution is -2.43. The normalized spacial score (nSPS) is 11.5. The summed E-state index contributed by atoms with van der Waals surface area (Å²) in [5.41, 5.74) is 4.62. The molecule has 1 rings (SSSR count). The van der Waals surface area contributed by atoms with Crippen molar-refractivity contribution < 1.29 is 22.9 Å². The van der Waals surface area contributed by atoms with Gasteiger partial charge in [0.15, 0.2) is 0 Å². The molecule has 0 saturated carbocycles. The Hall–Kier alpha value is -2.32. The lowest BCUT2D eigenvalue weighted by atomic mass is 10.1. The summed E-state index contributed by atoms with van der Waals surface area (Å²) in [6.07, 6.45) is -4.54. The first-order valence-corrected chi connectivity index (χ1v) is 5.94. The quantitative estimate of drug-likeness (QED) is 0.526. The molecule has 0 spiro atoms. The first-order chi connectivity index (χ1) is 9.53. The topological polar surface area (TPSA) is 89.5 Å². The van der Waals surface area contributed by atoms with Crippen LogP contribution in [0.25, 0.3) is 0 Å². The van der Waals surface area contributed by atoms with E-state index >= 15 is 0 Å². The Kier molecular flexibility index (Phi) is 4.77. The number of hydrogen-bond acceptors (Lipinski definition) is 4. The van der Waals surface area contributed by atoms with Gasteiger partial charge in [-0.1, -0.05) is 0 Å². The second-order valence-corrected chi connectivity index (χ2v) is 4.67. The van der Waals surface area contributed by atoms with Gasteiger partial charge in [0.1, 0.15) is 12.2 Å². The van der Waals surface area contributed by atoms with E-state index in [1.807, 2.05) is 0 Å². The molecule has 1 aromatic rings. The molecule has 1 amide bonds. The van der Waals surface area contributed by atoms with E-state index in [9.17, 15) is 28.1 Å². The molecule has 0 atom stereocenters. The first kappa shape index (κ1) is 16.7. The number of anilines is 1. The number of carbonyl (C=O) groups is 1. The van der Waals surface area contributed by atoms with E-state index in [-0.39, 0.29) is 11.3 Å². The highest BCUT2D eigenvalue weighted by atomic mass is 19.4. The Morgan fingerprint density at radius 2 is 2.00 bits per heavy atom. The van der Waals surface area contributed by atoms with Gasteiger partial charge in [-0.2, -0.15) is 13.2 Å². The molecule has 0 unspecified atom stereocenters. The molecule has 9 heteroatoms. The minimum atomic E-state index is -4.54. The zero-order valence-corrected chi connectivity index (χ0v) is 11.3. The minimum absolute atomic E-state index is 0.129. The molecular weight excluding hydrogens is 291 g/mol. The van der Waals surface area contributed by atoms with E-state index in [1.54, 1.807) is 0 Å². The fraction of sp³-hybridized carbons (Fsp3) is 0.417. The van der Waals surface area contributed by atoms with E-state index in [0.717, 1.165) is 18.2 Å². The van der Waals surface area contributed by atoms with Crippen LogP contribution in [-0.4, -0.2) is 34.5 Å². The Morgan fingerprint density at radius 1 is 1.43 bits per heavy atom. The van der Waals surface area contributed by atoms with Crippen molar-refractivity contribution in [1.82, 2.24) is 4.90 Å². The van der Waals surface area contributed by atoms with Crippen molar-refractivity contribution in [2.75, 3.05) is 12.3 Å². The molecule has 0 aromatic heterocycles. The van der Waals surface area contributed by atoms with Gasteiger partial charge in [0.2, 0.25) is 0 Å². The average Bonchev–Trinajstić information content (AvgIpc) is 2.33. The molecule has 0 aliphatic carbocycles. The van der Waals surface area contributed by atoms with Gasteiger partial charge in [-0.3, -0.25) is 14.9 Å². The molecule has 2 N–H and O–H groups in total. The fourth-order valence-corrected chi connectivity index (χ4v) is 1.70. The van der Waals surface area contributed by atoms with Crippen LogP contribution in [0.1, 0.15) is 24.2 Å². The number of alkyl halides is 3. The summed E-state index contributed by atoms with van der Waals surface area (Å²) >= 11 is 0. The summed E-state index contributed by atoms with van der Waals surface area (Å²) in [5.74, 6) is -0.885. The highest BCUT2D eigenvalue weighted by molar-refractivity contribution is 5.96.